The number of rotatable bonds is 4. The van der Waals surface area contributed by atoms with Gasteiger partial charge in [-0.1, -0.05) is 18.2 Å². The Morgan fingerprint density at radius 3 is 2.60 bits per heavy atom. The van der Waals surface area contributed by atoms with Gasteiger partial charge in [-0.25, -0.2) is 8.78 Å². The maximum Gasteiger partial charge on any atom is 0.260 e. The number of benzene rings is 2. The van der Waals surface area contributed by atoms with Gasteiger partial charge >= 0.3 is 0 Å². The molecule has 0 unspecified atom stereocenters. The van der Waals surface area contributed by atoms with Crippen LogP contribution in [0.25, 0.3) is 0 Å². The molecule has 0 saturated carbocycles. The second-order valence-electron chi connectivity index (χ2n) is 6.23. The Balaban J connectivity index is 1.76. The molecule has 2 atom stereocenters. The van der Waals surface area contributed by atoms with E-state index in [0.717, 1.165) is 12.5 Å². The monoisotopic (exact) mass is 347 g/mol. The van der Waals surface area contributed by atoms with E-state index in [2.05, 4.69) is 0 Å². The zero-order valence-electron chi connectivity index (χ0n) is 13.5. The fraction of sp³-hybridized carbons (Fsp3) is 0.316. The SMILES string of the molecule is O=C(c1c(O)cccc1F)N1CCC[C@H]1C[C@@H](O)c1ccc(F)cc1. The van der Waals surface area contributed by atoms with Gasteiger partial charge < -0.3 is 15.1 Å². The maximum absolute atomic E-state index is 14.0. The molecule has 2 aromatic rings. The standard InChI is InChI=1S/C19H19F2NO3/c20-13-8-6-12(7-9-13)17(24)11-14-3-2-10-22(14)19(25)18-15(21)4-1-5-16(18)23/h1,4-9,14,17,23-24H,2-3,10-11H2/t14-,17+/m0/s1. The lowest BCUT2D eigenvalue weighted by Gasteiger charge is -2.27. The molecule has 1 saturated heterocycles. The molecule has 2 N–H and O–H groups in total. The van der Waals surface area contributed by atoms with E-state index in [4.69, 9.17) is 0 Å². The summed E-state index contributed by atoms with van der Waals surface area (Å²) in [6, 6.07) is 9.02. The van der Waals surface area contributed by atoms with Crippen LogP contribution in [-0.4, -0.2) is 33.6 Å². The van der Waals surface area contributed by atoms with E-state index in [0.29, 0.717) is 18.5 Å². The molecule has 1 fully saturated rings. The molecule has 0 spiro atoms. The Labute approximate surface area is 144 Å². The average Bonchev–Trinajstić information content (AvgIpc) is 3.03. The molecule has 0 radical (unpaired) electrons. The molecule has 1 aliphatic rings. The highest BCUT2D eigenvalue weighted by Gasteiger charge is 2.33. The number of phenolic OH excluding ortho intramolecular Hbond substituents is 1. The number of aliphatic hydroxyl groups excluding tert-OH is 1. The van der Waals surface area contributed by atoms with Gasteiger partial charge in [0, 0.05) is 12.6 Å². The van der Waals surface area contributed by atoms with Crippen molar-refractivity contribution in [1.29, 1.82) is 0 Å². The van der Waals surface area contributed by atoms with Crippen molar-refractivity contribution in [1.82, 2.24) is 4.90 Å². The molecule has 2 aromatic carbocycles. The molecular weight excluding hydrogens is 328 g/mol. The average molecular weight is 347 g/mol. The Kier molecular flexibility index (Phi) is 4.99. The first kappa shape index (κ1) is 17.4. The Morgan fingerprint density at radius 1 is 1.20 bits per heavy atom. The van der Waals surface area contributed by atoms with E-state index in [1.54, 1.807) is 0 Å². The van der Waals surface area contributed by atoms with Crippen molar-refractivity contribution >= 4 is 5.91 Å². The smallest absolute Gasteiger partial charge is 0.260 e. The summed E-state index contributed by atoms with van der Waals surface area (Å²) >= 11 is 0. The zero-order valence-corrected chi connectivity index (χ0v) is 13.5. The predicted molar refractivity (Wildman–Crippen MR) is 88.1 cm³/mol. The van der Waals surface area contributed by atoms with Gasteiger partial charge in [-0.2, -0.15) is 0 Å². The third-order valence-corrected chi connectivity index (χ3v) is 4.59. The van der Waals surface area contributed by atoms with Crippen LogP contribution in [-0.2, 0) is 0 Å². The van der Waals surface area contributed by atoms with E-state index in [1.165, 1.54) is 41.3 Å². The highest BCUT2D eigenvalue weighted by molar-refractivity contribution is 5.97. The molecule has 6 heteroatoms. The summed E-state index contributed by atoms with van der Waals surface area (Å²) in [7, 11) is 0. The van der Waals surface area contributed by atoms with Crippen molar-refractivity contribution in [2.24, 2.45) is 0 Å². The van der Waals surface area contributed by atoms with Gasteiger partial charge in [-0.05, 0) is 49.1 Å². The number of carbonyl (C=O) groups is 1. The normalized spacial score (nSPS) is 18.4. The number of aromatic hydroxyl groups is 1. The molecule has 132 valence electrons. The molecule has 1 heterocycles. The molecule has 0 bridgehead atoms. The van der Waals surface area contributed by atoms with Crippen molar-refractivity contribution in [3.63, 3.8) is 0 Å². The zero-order chi connectivity index (χ0) is 18.0. The largest absolute Gasteiger partial charge is 0.507 e. The van der Waals surface area contributed by atoms with E-state index in [9.17, 15) is 23.8 Å². The molecular formula is C19H19F2NO3. The number of hydrogen-bond acceptors (Lipinski definition) is 3. The summed E-state index contributed by atoms with van der Waals surface area (Å²) in [5, 5.41) is 20.2. The number of phenols is 1. The number of amides is 1. The lowest BCUT2D eigenvalue weighted by Crippen LogP contribution is -2.37. The molecule has 1 amide bonds. The van der Waals surface area contributed by atoms with Gasteiger partial charge in [-0.3, -0.25) is 4.79 Å². The Morgan fingerprint density at radius 2 is 1.92 bits per heavy atom. The summed E-state index contributed by atoms with van der Waals surface area (Å²) < 4.78 is 26.9. The van der Waals surface area contributed by atoms with E-state index >= 15 is 0 Å². The molecule has 3 rings (SSSR count). The topological polar surface area (TPSA) is 60.8 Å². The minimum atomic E-state index is -0.854. The summed E-state index contributed by atoms with van der Waals surface area (Å²) in [5.41, 5.74) is 0.222. The summed E-state index contributed by atoms with van der Waals surface area (Å²) in [4.78, 5) is 14.1. The van der Waals surface area contributed by atoms with Gasteiger partial charge in [0.15, 0.2) is 0 Å². The second kappa shape index (κ2) is 7.19. The molecule has 25 heavy (non-hydrogen) atoms. The van der Waals surface area contributed by atoms with Crippen LogP contribution in [0.4, 0.5) is 8.78 Å². The van der Waals surface area contributed by atoms with Gasteiger partial charge in [0.05, 0.1) is 6.10 Å². The quantitative estimate of drug-likeness (QED) is 0.891. The Hall–Kier alpha value is -2.47. The molecule has 0 aromatic heterocycles. The molecule has 1 aliphatic heterocycles. The first-order valence-corrected chi connectivity index (χ1v) is 8.19. The van der Waals surface area contributed by atoms with Crippen LogP contribution >= 0.6 is 0 Å². The first-order chi connectivity index (χ1) is 12.0. The minimum absolute atomic E-state index is 0.270. The maximum atomic E-state index is 14.0. The van der Waals surface area contributed by atoms with Crippen molar-refractivity contribution < 1.29 is 23.8 Å². The number of carbonyl (C=O) groups excluding carboxylic acids is 1. The molecule has 4 nitrogen and oxygen atoms in total. The minimum Gasteiger partial charge on any atom is -0.507 e. The van der Waals surface area contributed by atoms with Gasteiger partial charge in [-0.15, -0.1) is 0 Å². The summed E-state index contributed by atoms with van der Waals surface area (Å²) in [6.45, 7) is 0.438. The number of aliphatic hydroxyl groups is 1. The number of nitrogens with zero attached hydrogens (tertiary/aromatic N) is 1. The van der Waals surface area contributed by atoms with Gasteiger partial charge in [0.25, 0.3) is 5.91 Å². The third-order valence-electron chi connectivity index (χ3n) is 4.59. The van der Waals surface area contributed by atoms with E-state index in [1.807, 2.05) is 0 Å². The second-order valence-corrected chi connectivity index (χ2v) is 6.23. The lowest BCUT2D eigenvalue weighted by atomic mass is 10.00. The third kappa shape index (κ3) is 3.64. The highest BCUT2D eigenvalue weighted by atomic mass is 19.1. The van der Waals surface area contributed by atoms with E-state index < -0.39 is 23.6 Å². The van der Waals surface area contributed by atoms with Crippen LogP contribution < -0.4 is 0 Å². The van der Waals surface area contributed by atoms with Crippen LogP contribution in [0.15, 0.2) is 42.5 Å². The fourth-order valence-corrected chi connectivity index (χ4v) is 3.29. The van der Waals surface area contributed by atoms with Crippen LogP contribution in [0.3, 0.4) is 0 Å². The van der Waals surface area contributed by atoms with Crippen molar-refractivity contribution in [3.8, 4) is 5.75 Å². The van der Waals surface area contributed by atoms with Crippen LogP contribution in [0, 0.1) is 11.6 Å². The molecule has 0 aliphatic carbocycles. The van der Waals surface area contributed by atoms with Gasteiger partial charge in [0.2, 0.25) is 0 Å². The Bertz CT molecular complexity index is 744. The number of halogens is 2. The van der Waals surface area contributed by atoms with Crippen LogP contribution in [0.2, 0.25) is 0 Å². The van der Waals surface area contributed by atoms with Gasteiger partial charge in [0.1, 0.15) is 22.9 Å². The highest BCUT2D eigenvalue weighted by Crippen LogP contribution is 2.31. The van der Waals surface area contributed by atoms with E-state index in [-0.39, 0.29) is 23.8 Å². The fourth-order valence-electron chi connectivity index (χ4n) is 3.29. The number of likely N-dealkylation sites (tertiary alicyclic amines) is 1. The van der Waals surface area contributed by atoms with Crippen molar-refractivity contribution in [3.05, 3.63) is 65.2 Å². The summed E-state index contributed by atoms with van der Waals surface area (Å²) in [5.74, 6) is -2.13. The van der Waals surface area contributed by atoms with Crippen molar-refractivity contribution in [2.45, 2.75) is 31.4 Å². The lowest BCUT2D eigenvalue weighted by molar-refractivity contribution is 0.0659. The predicted octanol–water partition coefficient (Wildman–Crippen LogP) is 3.40. The first-order valence-electron chi connectivity index (χ1n) is 8.19. The van der Waals surface area contributed by atoms with Crippen LogP contribution in [0.5, 0.6) is 5.75 Å². The van der Waals surface area contributed by atoms with Crippen molar-refractivity contribution in [2.75, 3.05) is 6.54 Å². The summed E-state index contributed by atoms with van der Waals surface area (Å²) in [6.07, 6.45) is 0.835. The van der Waals surface area contributed by atoms with Crippen LogP contribution in [0.1, 0.15) is 41.3 Å². The number of hydrogen-bond donors (Lipinski definition) is 2.